The second kappa shape index (κ2) is 5.40. The summed E-state index contributed by atoms with van der Waals surface area (Å²) in [7, 11) is 0. The fraction of sp³-hybridized carbons (Fsp3) is 0.0714. The molecule has 0 aliphatic heterocycles. The van der Waals surface area contributed by atoms with Crippen molar-refractivity contribution in [1.29, 1.82) is 0 Å². The molecule has 0 radical (unpaired) electrons. The number of aryl methyl sites for hydroxylation is 1. The zero-order valence-electron chi connectivity index (χ0n) is 10.8. The topological polar surface area (TPSA) is 105 Å². The quantitative estimate of drug-likeness (QED) is 0.776. The summed E-state index contributed by atoms with van der Waals surface area (Å²) in [4.78, 5) is 37.3. The predicted molar refractivity (Wildman–Crippen MR) is 74.7 cm³/mol. The minimum atomic E-state index is -0.544. The van der Waals surface area contributed by atoms with Gasteiger partial charge in [-0.1, -0.05) is 0 Å². The molecule has 0 bridgehead atoms. The number of hydrogen-bond donors (Lipinski definition) is 3. The van der Waals surface area contributed by atoms with Crippen LogP contribution >= 0.6 is 0 Å². The molecule has 2 amide bonds. The highest BCUT2D eigenvalue weighted by molar-refractivity contribution is 6.04. The third-order valence-electron chi connectivity index (χ3n) is 2.73. The maximum absolute atomic E-state index is 11.9. The summed E-state index contributed by atoms with van der Waals surface area (Å²) in [5, 5.41) is 2.57. The zero-order valence-corrected chi connectivity index (χ0v) is 10.8. The van der Waals surface area contributed by atoms with Crippen molar-refractivity contribution in [1.82, 2.24) is 4.98 Å². The van der Waals surface area contributed by atoms with Gasteiger partial charge in [-0.05, 0) is 31.2 Å². The summed E-state index contributed by atoms with van der Waals surface area (Å²) in [6.07, 6.45) is 1.37. The summed E-state index contributed by atoms with van der Waals surface area (Å²) in [5.74, 6) is -1.06. The second-order valence-electron chi connectivity index (χ2n) is 4.29. The number of amides is 2. The molecule has 6 nitrogen and oxygen atoms in total. The van der Waals surface area contributed by atoms with E-state index in [1.54, 1.807) is 19.1 Å². The Morgan fingerprint density at radius 2 is 1.85 bits per heavy atom. The van der Waals surface area contributed by atoms with Gasteiger partial charge in [-0.2, -0.15) is 0 Å². The van der Waals surface area contributed by atoms with Gasteiger partial charge in [0.05, 0.1) is 0 Å². The second-order valence-corrected chi connectivity index (χ2v) is 4.29. The summed E-state index contributed by atoms with van der Waals surface area (Å²) >= 11 is 0. The molecule has 0 unspecified atom stereocenters. The minimum absolute atomic E-state index is 0.0228. The summed E-state index contributed by atoms with van der Waals surface area (Å²) in [6.45, 7) is 1.73. The van der Waals surface area contributed by atoms with E-state index in [0.717, 1.165) is 0 Å². The lowest BCUT2D eigenvalue weighted by Gasteiger charge is -2.05. The first kappa shape index (κ1) is 13.5. The monoisotopic (exact) mass is 271 g/mol. The first-order chi connectivity index (χ1) is 9.47. The average Bonchev–Trinajstić information content (AvgIpc) is 2.39. The normalized spacial score (nSPS) is 10.1. The van der Waals surface area contributed by atoms with Gasteiger partial charge in [-0.25, -0.2) is 0 Å². The van der Waals surface area contributed by atoms with Crippen LogP contribution in [0.4, 0.5) is 5.69 Å². The fourth-order valence-corrected chi connectivity index (χ4v) is 1.67. The van der Waals surface area contributed by atoms with E-state index in [2.05, 4.69) is 10.3 Å². The van der Waals surface area contributed by atoms with Gasteiger partial charge in [0.15, 0.2) is 5.43 Å². The van der Waals surface area contributed by atoms with E-state index in [9.17, 15) is 14.4 Å². The number of pyridine rings is 1. The van der Waals surface area contributed by atoms with Crippen LogP contribution < -0.4 is 16.5 Å². The van der Waals surface area contributed by atoms with Crippen LogP contribution in [-0.2, 0) is 0 Å². The van der Waals surface area contributed by atoms with Crippen LogP contribution in [0.5, 0.6) is 0 Å². The molecule has 0 atom stereocenters. The molecule has 0 saturated heterocycles. The minimum Gasteiger partial charge on any atom is -0.366 e. The summed E-state index contributed by atoms with van der Waals surface area (Å²) < 4.78 is 0. The van der Waals surface area contributed by atoms with Gasteiger partial charge >= 0.3 is 0 Å². The van der Waals surface area contributed by atoms with E-state index in [4.69, 9.17) is 5.73 Å². The van der Waals surface area contributed by atoms with Crippen molar-refractivity contribution in [2.75, 3.05) is 5.32 Å². The fourth-order valence-electron chi connectivity index (χ4n) is 1.67. The molecule has 6 heteroatoms. The van der Waals surface area contributed by atoms with Gasteiger partial charge in [-0.3, -0.25) is 14.4 Å². The number of nitrogens with one attached hydrogen (secondary N) is 2. The SMILES string of the molecule is Cc1cc(=O)c(C(=O)Nc2ccc(C(N)=O)cc2)c[nH]1. The lowest BCUT2D eigenvalue weighted by molar-refractivity contribution is 0.0998. The Hall–Kier alpha value is -2.89. The largest absolute Gasteiger partial charge is 0.366 e. The van der Waals surface area contributed by atoms with Crippen molar-refractivity contribution in [3.05, 3.63) is 63.6 Å². The van der Waals surface area contributed by atoms with Crippen LogP contribution in [0.25, 0.3) is 0 Å². The number of aromatic nitrogens is 1. The molecular formula is C14H13N3O3. The van der Waals surface area contributed by atoms with E-state index >= 15 is 0 Å². The lowest BCUT2D eigenvalue weighted by atomic mass is 10.2. The molecule has 0 saturated carbocycles. The molecule has 0 aliphatic rings. The standard InChI is InChI=1S/C14H13N3O3/c1-8-6-12(18)11(7-16-8)14(20)17-10-4-2-9(3-5-10)13(15)19/h2-7H,1H3,(H2,15,19)(H,16,18)(H,17,20). The molecule has 0 spiro atoms. The number of benzene rings is 1. The number of nitrogens with two attached hydrogens (primary N) is 1. The number of anilines is 1. The Balaban J connectivity index is 2.19. The molecule has 0 aliphatic carbocycles. The smallest absolute Gasteiger partial charge is 0.261 e. The third kappa shape index (κ3) is 2.92. The van der Waals surface area contributed by atoms with Crippen LogP contribution in [0, 0.1) is 6.92 Å². The van der Waals surface area contributed by atoms with Crippen molar-refractivity contribution >= 4 is 17.5 Å². The molecule has 1 aromatic heterocycles. The maximum Gasteiger partial charge on any atom is 0.261 e. The summed E-state index contributed by atoms with van der Waals surface area (Å²) in [5.41, 5.74) is 6.28. The van der Waals surface area contributed by atoms with E-state index in [1.165, 1.54) is 24.4 Å². The van der Waals surface area contributed by atoms with Gasteiger partial charge < -0.3 is 16.0 Å². The van der Waals surface area contributed by atoms with Gasteiger partial charge in [0.1, 0.15) is 5.56 Å². The lowest BCUT2D eigenvalue weighted by Crippen LogP contribution is -2.21. The highest BCUT2D eigenvalue weighted by atomic mass is 16.2. The summed E-state index contributed by atoms with van der Waals surface area (Å²) in [6, 6.07) is 7.43. The molecule has 1 aromatic carbocycles. The van der Waals surface area contributed by atoms with E-state index < -0.39 is 11.8 Å². The van der Waals surface area contributed by atoms with E-state index in [0.29, 0.717) is 16.9 Å². The molecule has 0 fully saturated rings. The predicted octanol–water partition coefficient (Wildman–Crippen LogP) is 1.03. The van der Waals surface area contributed by atoms with Crippen molar-refractivity contribution < 1.29 is 9.59 Å². The van der Waals surface area contributed by atoms with Crippen molar-refractivity contribution in [2.45, 2.75) is 6.92 Å². The van der Waals surface area contributed by atoms with Crippen LogP contribution in [0.1, 0.15) is 26.4 Å². The molecule has 4 N–H and O–H groups in total. The molecule has 2 rings (SSSR count). The average molecular weight is 271 g/mol. The number of primary amides is 1. The third-order valence-corrected chi connectivity index (χ3v) is 2.73. The van der Waals surface area contributed by atoms with Crippen LogP contribution in [0.3, 0.4) is 0 Å². The molecule has 102 valence electrons. The van der Waals surface area contributed by atoms with Gasteiger partial charge in [0.2, 0.25) is 5.91 Å². The first-order valence-corrected chi connectivity index (χ1v) is 5.88. The molecular weight excluding hydrogens is 258 g/mol. The van der Waals surface area contributed by atoms with Crippen molar-refractivity contribution in [2.24, 2.45) is 5.73 Å². The number of hydrogen-bond acceptors (Lipinski definition) is 3. The van der Waals surface area contributed by atoms with Gasteiger partial charge in [-0.15, -0.1) is 0 Å². The maximum atomic E-state index is 11.9. The molecule has 2 aromatic rings. The van der Waals surface area contributed by atoms with Crippen molar-refractivity contribution in [3.63, 3.8) is 0 Å². The Kier molecular flexibility index (Phi) is 3.65. The van der Waals surface area contributed by atoms with Crippen molar-refractivity contribution in [3.8, 4) is 0 Å². The first-order valence-electron chi connectivity index (χ1n) is 5.88. The zero-order chi connectivity index (χ0) is 14.7. The number of carbonyl (C=O) groups is 2. The van der Waals surface area contributed by atoms with E-state index in [1.807, 2.05) is 0 Å². The highest BCUT2D eigenvalue weighted by Gasteiger charge is 2.10. The van der Waals surface area contributed by atoms with Crippen LogP contribution in [0.2, 0.25) is 0 Å². The number of carbonyl (C=O) groups excluding carboxylic acids is 2. The van der Waals surface area contributed by atoms with Crippen LogP contribution in [0.15, 0.2) is 41.3 Å². The Bertz CT molecular complexity index is 717. The Morgan fingerprint density at radius 3 is 2.40 bits per heavy atom. The molecule has 20 heavy (non-hydrogen) atoms. The number of rotatable bonds is 3. The van der Waals surface area contributed by atoms with E-state index in [-0.39, 0.29) is 11.0 Å². The number of aromatic amines is 1. The Morgan fingerprint density at radius 1 is 1.20 bits per heavy atom. The Labute approximate surface area is 114 Å². The van der Waals surface area contributed by atoms with Gasteiger partial charge in [0, 0.05) is 29.2 Å². The van der Waals surface area contributed by atoms with Gasteiger partial charge in [0.25, 0.3) is 5.91 Å². The number of H-pyrrole nitrogens is 1. The van der Waals surface area contributed by atoms with Crippen LogP contribution in [-0.4, -0.2) is 16.8 Å². The highest BCUT2D eigenvalue weighted by Crippen LogP contribution is 2.10. The molecule has 1 heterocycles.